The molecule has 0 saturated carbocycles. The molecule has 1 aliphatic heterocycles. The van der Waals surface area contributed by atoms with E-state index < -0.39 is 0 Å². The Balaban J connectivity index is 1.59. The zero-order valence-electron chi connectivity index (χ0n) is 14.2. The van der Waals surface area contributed by atoms with Gasteiger partial charge < -0.3 is 20.7 Å². The number of likely N-dealkylation sites (tertiary alicyclic amines) is 1. The molecule has 3 N–H and O–H groups in total. The first kappa shape index (κ1) is 16.5. The summed E-state index contributed by atoms with van der Waals surface area (Å²) in [6.07, 6.45) is 5.42. The smallest absolute Gasteiger partial charge is 0.248 e. The van der Waals surface area contributed by atoms with Gasteiger partial charge in [0.15, 0.2) is 5.82 Å². The van der Waals surface area contributed by atoms with E-state index in [-0.39, 0.29) is 0 Å². The molecule has 6 nitrogen and oxygen atoms in total. The number of ether oxygens (including phenoxy) is 1. The minimum atomic E-state index is 0.384. The summed E-state index contributed by atoms with van der Waals surface area (Å²) in [5.74, 6) is 1.73. The van der Waals surface area contributed by atoms with E-state index in [0.717, 1.165) is 13.1 Å². The lowest BCUT2D eigenvalue weighted by molar-refractivity contribution is 0.237. The minimum Gasteiger partial charge on any atom is -0.437 e. The summed E-state index contributed by atoms with van der Waals surface area (Å²) in [4.78, 5) is 10.8. The van der Waals surface area contributed by atoms with Crippen LogP contribution in [0, 0.1) is 6.92 Å². The molecule has 0 radical (unpaired) electrons. The number of nitrogen functional groups attached to an aromatic ring is 1. The largest absolute Gasteiger partial charge is 0.437 e. The van der Waals surface area contributed by atoms with Gasteiger partial charge in [0.25, 0.3) is 0 Å². The molecule has 2 aromatic rings. The summed E-state index contributed by atoms with van der Waals surface area (Å²) in [6.45, 7) is 6.21. The van der Waals surface area contributed by atoms with Gasteiger partial charge in [-0.2, -0.15) is 4.98 Å². The van der Waals surface area contributed by atoms with Gasteiger partial charge in [0.2, 0.25) is 5.88 Å². The highest BCUT2D eigenvalue weighted by Crippen LogP contribution is 2.29. The van der Waals surface area contributed by atoms with Gasteiger partial charge in [0.1, 0.15) is 17.8 Å². The number of aromatic nitrogens is 2. The third kappa shape index (κ3) is 4.35. The Morgan fingerprint density at radius 2 is 1.88 bits per heavy atom. The molecule has 24 heavy (non-hydrogen) atoms. The molecule has 1 fully saturated rings. The second kappa shape index (κ2) is 7.97. The van der Waals surface area contributed by atoms with Crippen LogP contribution in [0.5, 0.6) is 11.6 Å². The van der Waals surface area contributed by atoms with Crippen molar-refractivity contribution in [2.45, 2.75) is 26.2 Å². The number of hydrogen-bond donors (Lipinski definition) is 2. The Morgan fingerprint density at radius 1 is 1.12 bits per heavy atom. The van der Waals surface area contributed by atoms with Gasteiger partial charge in [-0.1, -0.05) is 24.1 Å². The maximum Gasteiger partial charge on any atom is 0.248 e. The zero-order valence-corrected chi connectivity index (χ0v) is 14.2. The molecule has 1 saturated heterocycles. The number of piperidine rings is 1. The summed E-state index contributed by atoms with van der Waals surface area (Å²) in [7, 11) is 0. The molecule has 0 amide bonds. The molecular weight excluding hydrogens is 302 g/mol. The highest BCUT2D eigenvalue weighted by molar-refractivity contribution is 5.66. The number of nitrogens with one attached hydrogen (secondary N) is 1. The summed E-state index contributed by atoms with van der Waals surface area (Å²) < 4.78 is 5.77. The van der Waals surface area contributed by atoms with Crippen molar-refractivity contribution in [1.29, 1.82) is 0 Å². The number of benzene rings is 1. The molecule has 0 spiro atoms. The predicted molar refractivity (Wildman–Crippen MR) is 96.5 cm³/mol. The van der Waals surface area contributed by atoms with Crippen molar-refractivity contribution in [2.24, 2.45) is 0 Å². The van der Waals surface area contributed by atoms with Gasteiger partial charge in [0.05, 0.1) is 0 Å². The topological polar surface area (TPSA) is 76.3 Å². The van der Waals surface area contributed by atoms with Crippen LogP contribution in [0.4, 0.5) is 11.5 Å². The molecule has 128 valence electrons. The van der Waals surface area contributed by atoms with Gasteiger partial charge in [0, 0.05) is 13.1 Å². The number of hydrogen-bond acceptors (Lipinski definition) is 6. The fourth-order valence-corrected chi connectivity index (χ4v) is 2.83. The van der Waals surface area contributed by atoms with Crippen LogP contribution in [-0.2, 0) is 0 Å². The van der Waals surface area contributed by atoms with Gasteiger partial charge >= 0.3 is 0 Å². The Hall–Kier alpha value is -2.34. The second-order valence-corrected chi connectivity index (χ2v) is 6.19. The number of rotatable bonds is 6. The molecule has 0 unspecified atom stereocenters. The van der Waals surface area contributed by atoms with Crippen molar-refractivity contribution in [3.05, 3.63) is 36.2 Å². The summed E-state index contributed by atoms with van der Waals surface area (Å²) in [6, 6.07) is 7.79. The Bertz CT molecular complexity index is 653. The van der Waals surface area contributed by atoms with Crippen molar-refractivity contribution in [3.63, 3.8) is 0 Å². The number of anilines is 2. The van der Waals surface area contributed by atoms with E-state index >= 15 is 0 Å². The fourth-order valence-electron chi connectivity index (χ4n) is 2.83. The molecule has 3 rings (SSSR count). The molecule has 0 atom stereocenters. The van der Waals surface area contributed by atoms with Crippen molar-refractivity contribution in [1.82, 2.24) is 14.9 Å². The number of nitrogens with two attached hydrogens (primary N) is 1. The van der Waals surface area contributed by atoms with Gasteiger partial charge in [-0.25, -0.2) is 4.98 Å². The van der Waals surface area contributed by atoms with Crippen LogP contribution in [0.3, 0.4) is 0 Å². The molecular formula is C18H25N5O. The first-order valence-electron chi connectivity index (χ1n) is 8.53. The van der Waals surface area contributed by atoms with E-state index in [4.69, 9.17) is 10.5 Å². The van der Waals surface area contributed by atoms with Gasteiger partial charge in [-0.15, -0.1) is 0 Å². The van der Waals surface area contributed by atoms with E-state index in [9.17, 15) is 0 Å². The third-order valence-corrected chi connectivity index (χ3v) is 4.25. The summed E-state index contributed by atoms with van der Waals surface area (Å²) >= 11 is 0. The highest BCUT2D eigenvalue weighted by Gasteiger charge is 2.12. The molecule has 0 aliphatic carbocycles. The Morgan fingerprint density at radius 3 is 2.62 bits per heavy atom. The summed E-state index contributed by atoms with van der Waals surface area (Å²) in [5, 5.41) is 3.30. The quantitative estimate of drug-likeness (QED) is 0.849. The Kier molecular flexibility index (Phi) is 5.48. The predicted octanol–water partition coefficient (Wildman–Crippen LogP) is 3.06. The maximum atomic E-state index is 6.15. The normalized spacial score (nSPS) is 15.2. The molecule has 1 aliphatic rings. The van der Waals surface area contributed by atoms with E-state index in [1.54, 1.807) is 0 Å². The van der Waals surface area contributed by atoms with E-state index in [2.05, 4.69) is 20.2 Å². The third-order valence-electron chi connectivity index (χ3n) is 4.25. The van der Waals surface area contributed by atoms with Gasteiger partial charge in [-0.3, -0.25) is 0 Å². The van der Waals surface area contributed by atoms with Crippen molar-refractivity contribution < 1.29 is 4.74 Å². The van der Waals surface area contributed by atoms with Crippen molar-refractivity contribution in [3.8, 4) is 11.6 Å². The van der Waals surface area contributed by atoms with Crippen LogP contribution >= 0.6 is 0 Å². The fraction of sp³-hybridized carbons (Fsp3) is 0.444. The van der Waals surface area contributed by atoms with Gasteiger partial charge in [-0.05, 0) is 45.0 Å². The highest BCUT2D eigenvalue weighted by atomic mass is 16.5. The van der Waals surface area contributed by atoms with E-state index in [0.29, 0.717) is 23.1 Å². The monoisotopic (exact) mass is 327 g/mol. The van der Waals surface area contributed by atoms with Crippen molar-refractivity contribution in [2.75, 3.05) is 37.2 Å². The first-order chi connectivity index (χ1) is 11.7. The molecule has 2 heterocycles. The Labute approximate surface area is 143 Å². The average molecular weight is 327 g/mol. The lowest BCUT2D eigenvalue weighted by Gasteiger charge is -2.26. The van der Waals surface area contributed by atoms with Crippen LogP contribution < -0.4 is 15.8 Å². The van der Waals surface area contributed by atoms with Crippen LogP contribution in [0.2, 0.25) is 0 Å². The molecule has 1 aromatic carbocycles. The van der Waals surface area contributed by atoms with Crippen LogP contribution in [0.1, 0.15) is 24.8 Å². The van der Waals surface area contributed by atoms with E-state index in [1.165, 1.54) is 44.2 Å². The first-order valence-corrected chi connectivity index (χ1v) is 8.53. The zero-order chi connectivity index (χ0) is 16.8. The van der Waals surface area contributed by atoms with E-state index in [1.807, 2.05) is 31.2 Å². The maximum absolute atomic E-state index is 6.15. The second-order valence-electron chi connectivity index (χ2n) is 6.19. The molecule has 1 aromatic heterocycles. The summed E-state index contributed by atoms with van der Waals surface area (Å²) in [5.41, 5.74) is 7.77. The molecule has 0 bridgehead atoms. The molecule has 6 heteroatoms. The lowest BCUT2D eigenvalue weighted by Crippen LogP contribution is -2.33. The lowest BCUT2D eigenvalue weighted by atomic mass is 10.1. The number of nitrogens with zero attached hydrogens (tertiary/aromatic N) is 3. The van der Waals surface area contributed by atoms with Crippen LogP contribution in [0.25, 0.3) is 0 Å². The van der Waals surface area contributed by atoms with Crippen LogP contribution in [0.15, 0.2) is 30.6 Å². The SMILES string of the molecule is Cc1ccc(Oc2ncnc(NCCN3CCCCC3)c2N)cc1. The van der Waals surface area contributed by atoms with Crippen molar-refractivity contribution >= 4 is 11.5 Å². The average Bonchev–Trinajstić information content (AvgIpc) is 2.61. The minimum absolute atomic E-state index is 0.384. The number of aryl methyl sites for hydroxylation is 1. The standard InChI is InChI=1S/C18H25N5O/c1-14-5-7-15(8-6-14)24-18-16(19)17(21-13-22-18)20-9-12-23-10-3-2-4-11-23/h5-8,13H,2-4,9-12,19H2,1H3,(H,20,21,22). The van der Waals surface area contributed by atoms with Crippen LogP contribution in [-0.4, -0.2) is 41.0 Å².